The largest absolute Gasteiger partial charge is 0.306 e. The molecule has 0 spiro atoms. The van der Waals surface area contributed by atoms with Gasteiger partial charge in [-0.3, -0.25) is 0 Å². The lowest BCUT2D eigenvalue weighted by Gasteiger charge is -2.19. The van der Waals surface area contributed by atoms with Gasteiger partial charge in [0.1, 0.15) is 6.33 Å². The van der Waals surface area contributed by atoms with Crippen LogP contribution >= 0.6 is 0 Å². The standard InChI is InChI=1S/C15H19N3/c1-3-8-18-15(14-9-16-11-17-10-14)13-6-4-12(2)5-7-13/h4-7,9-11,15,18H,3,8H2,1-2H3. The highest BCUT2D eigenvalue weighted by Gasteiger charge is 2.13. The maximum absolute atomic E-state index is 4.11. The van der Waals surface area contributed by atoms with Crippen molar-refractivity contribution >= 4 is 0 Å². The first-order valence-corrected chi connectivity index (χ1v) is 6.36. The van der Waals surface area contributed by atoms with E-state index in [9.17, 15) is 0 Å². The molecule has 1 unspecified atom stereocenters. The monoisotopic (exact) mass is 241 g/mol. The van der Waals surface area contributed by atoms with E-state index in [-0.39, 0.29) is 6.04 Å². The second-order valence-corrected chi connectivity index (χ2v) is 4.47. The summed E-state index contributed by atoms with van der Waals surface area (Å²) in [5, 5.41) is 3.54. The van der Waals surface area contributed by atoms with E-state index in [1.807, 2.05) is 12.4 Å². The molecule has 1 N–H and O–H groups in total. The Labute approximate surface area is 108 Å². The lowest BCUT2D eigenvalue weighted by Crippen LogP contribution is -2.23. The van der Waals surface area contributed by atoms with Crippen LogP contribution < -0.4 is 5.32 Å². The third-order valence-electron chi connectivity index (χ3n) is 2.92. The van der Waals surface area contributed by atoms with E-state index in [1.54, 1.807) is 6.33 Å². The average Bonchev–Trinajstić information content (AvgIpc) is 2.42. The van der Waals surface area contributed by atoms with Crippen LogP contribution in [0.5, 0.6) is 0 Å². The van der Waals surface area contributed by atoms with Gasteiger partial charge in [-0.25, -0.2) is 9.97 Å². The van der Waals surface area contributed by atoms with Gasteiger partial charge in [-0.1, -0.05) is 36.8 Å². The molecule has 3 nitrogen and oxygen atoms in total. The fraction of sp³-hybridized carbons (Fsp3) is 0.333. The molecule has 3 heteroatoms. The van der Waals surface area contributed by atoms with Crippen molar-refractivity contribution in [2.24, 2.45) is 0 Å². The molecule has 2 aromatic rings. The van der Waals surface area contributed by atoms with E-state index < -0.39 is 0 Å². The van der Waals surface area contributed by atoms with Crippen molar-refractivity contribution in [1.29, 1.82) is 0 Å². The van der Waals surface area contributed by atoms with Crippen molar-refractivity contribution in [3.63, 3.8) is 0 Å². The van der Waals surface area contributed by atoms with Gasteiger partial charge in [0.05, 0.1) is 6.04 Å². The van der Waals surface area contributed by atoms with Gasteiger partial charge in [-0.15, -0.1) is 0 Å². The normalized spacial score (nSPS) is 12.3. The third kappa shape index (κ3) is 3.14. The molecule has 0 bridgehead atoms. The number of hydrogen-bond acceptors (Lipinski definition) is 3. The molecule has 0 saturated carbocycles. The zero-order chi connectivity index (χ0) is 12.8. The summed E-state index contributed by atoms with van der Waals surface area (Å²) in [6.45, 7) is 5.25. The van der Waals surface area contributed by atoms with Crippen molar-refractivity contribution in [2.75, 3.05) is 6.54 Å². The van der Waals surface area contributed by atoms with E-state index in [1.165, 1.54) is 11.1 Å². The van der Waals surface area contributed by atoms with Gasteiger partial charge in [0, 0.05) is 18.0 Å². The Bertz CT molecular complexity index is 465. The highest BCUT2D eigenvalue weighted by Crippen LogP contribution is 2.21. The molecule has 18 heavy (non-hydrogen) atoms. The number of nitrogens with one attached hydrogen (secondary N) is 1. The summed E-state index contributed by atoms with van der Waals surface area (Å²) in [5.41, 5.74) is 3.64. The molecule has 0 aliphatic heterocycles. The molecule has 0 amide bonds. The van der Waals surface area contributed by atoms with Crippen LogP contribution in [0.1, 0.15) is 36.1 Å². The first-order chi connectivity index (χ1) is 8.81. The highest BCUT2D eigenvalue weighted by atomic mass is 14.9. The summed E-state index contributed by atoms with van der Waals surface area (Å²) in [7, 11) is 0. The van der Waals surface area contributed by atoms with Crippen LogP contribution in [0, 0.1) is 6.92 Å². The minimum absolute atomic E-state index is 0.173. The van der Waals surface area contributed by atoms with Crippen molar-refractivity contribution in [1.82, 2.24) is 15.3 Å². The third-order valence-corrected chi connectivity index (χ3v) is 2.92. The summed E-state index contributed by atoms with van der Waals surface area (Å²) in [4.78, 5) is 8.21. The van der Waals surface area contributed by atoms with Crippen molar-refractivity contribution in [3.8, 4) is 0 Å². The van der Waals surface area contributed by atoms with Crippen LogP contribution in [0.4, 0.5) is 0 Å². The molecule has 0 radical (unpaired) electrons. The topological polar surface area (TPSA) is 37.8 Å². The summed E-state index contributed by atoms with van der Waals surface area (Å²) in [6, 6.07) is 8.77. The van der Waals surface area contributed by atoms with E-state index in [0.717, 1.165) is 18.5 Å². The number of hydrogen-bond donors (Lipinski definition) is 1. The molecular weight excluding hydrogens is 222 g/mol. The Morgan fingerprint density at radius 2 is 1.72 bits per heavy atom. The van der Waals surface area contributed by atoms with Crippen molar-refractivity contribution < 1.29 is 0 Å². The Hall–Kier alpha value is -1.74. The van der Waals surface area contributed by atoms with Crippen LogP contribution in [0.15, 0.2) is 43.0 Å². The summed E-state index contributed by atoms with van der Waals surface area (Å²) >= 11 is 0. The maximum atomic E-state index is 4.11. The van der Waals surface area contributed by atoms with E-state index in [4.69, 9.17) is 0 Å². The molecular formula is C15H19N3. The van der Waals surface area contributed by atoms with Crippen LogP contribution in [0.3, 0.4) is 0 Å². The van der Waals surface area contributed by atoms with E-state index >= 15 is 0 Å². The van der Waals surface area contributed by atoms with Gasteiger partial charge in [0.25, 0.3) is 0 Å². The Balaban J connectivity index is 2.27. The van der Waals surface area contributed by atoms with Gasteiger partial charge >= 0.3 is 0 Å². The Kier molecular flexibility index (Phi) is 4.42. The first-order valence-electron chi connectivity index (χ1n) is 6.36. The quantitative estimate of drug-likeness (QED) is 0.874. The molecule has 94 valence electrons. The predicted molar refractivity (Wildman–Crippen MR) is 73.3 cm³/mol. The molecule has 2 rings (SSSR count). The fourth-order valence-electron chi connectivity index (χ4n) is 1.94. The number of aromatic nitrogens is 2. The minimum atomic E-state index is 0.173. The molecule has 1 atom stereocenters. The number of nitrogens with zero attached hydrogens (tertiary/aromatic N) is 2. The second kappa shape index (κ2) is 6.26. The molecule has 0 aliphatic carbocycles. The smallest absolute Gasteiger partial charge is 0.115 e. The Morgan fingerprint density at radius 1 is 1.06 bits per heavy atom. The predicted octanol–water partition coefficient (Wildman–Crippen LogP) is 2.87. The van der Waals surface area contributed by atoms with E-state index in [2.05, 4.69) is 53.4 Å². The zero-order valence-electron chi connectivity index (χ0n) is 10.9. The lowest BCUT2D eigenvalue weighted by atomic mass is 10.00. The summed E-state index contributed by atoms with van der Waals surface area (Å²) in [5.74, 6) is 0. The first kappa shape index (κ1) is 12.7. The SMILES string of the molecule is CCCNC(c1ccc(C)cc1)c1cncnc1. The number of benzene rings is 1. The van der Waals surface area contributed by atoms with Gasteiger partial charge in [-0.2, -0.15) is 0 Å². The van der Waals surface area contributed by atoms with Crippen LogP contribution in [-0.2, 0) is 0 Å². The summed E-state index contributed by atoms with van der Waals surface area (Å²) in [6.07, 6.45) is 6.42. The fourth-order valence-corrected chi connectivity index (χ4v) is 1.94. The molecule has 1 heterocycles. The lowest BCUT2D eigenvalue weighted by molar-refractivity contribution is 0.595. The van der Waals surface area contributed by atoms with Gasteiger partial charge in [0.2, 0.25) is 0 Å². The zero-order valence-corrected chi connectivity index (χ0v) is 10.9. The highest BCUT2D eigenvalue weighted by molar-refractivity contribution is 5.31. The summed E-state index contributed by atoms with van der Waals surface area (Å²) < 4.78 is 0. The number of rotatable bonds is 5. The second-order valence-electron chi connectivity index (χ2n) is 4.47. The number of aryl methyl sites for hydroxylation is 1. The van der Waals surface area contributed by atoms with E-state index in [0.29, 0.717) is 0 Å². The van der Waals surface area contributed by atoms with Gasteiger partial charge in [0.15, 0.2) is 0 Å². The molecule has 0 saturated heterocycles. The van der Waals surface area contributed by atoms with Crippen LogP contribution in [-0.4, -0.2) is 16.5 Å². The van der Waals surface area contributed by atoms with Gasteiger partial charge < -0.3 is 5.32 Å². The Morgan fingerprint density at radius 3 is 2.33 bits per heavy atom. The molecule has 1 aromatic heterocycles. The molecule has 0 aliphatic rings. The minimum Gasteiger partial charge on any atom is -0.306 e. The molecule has 0 fully saturated rings. The maximum Gasteiger partial charge on any atom is 0.115 e. The van der Waals surface area contributed by atoms with Gasteiger partial charge in [-0.05, 0) is 25.5 Å². The molecule has 1 aromatic carbocycles. The van der Waals surface area contributed by atoms with Crippen LogP contribution in [0.25, 0.3) is 0 Å². The van der Waals surface area contributed by atoms with Crippen molar-refractivity contribution in [3.05, 3.63) is 59.7 Å². The van der Waals surface area contributed by atoms with Crippen LogP contribution in [0.2, 0.25) is 0 Å². The van der Waals surface area contributed by atoms with Crippen molar-refractivity contribution in [2.45, 2.75) is 26.3 Å². The average molecular weight is 241 g/mol.